The second kappa shape index (κ2) is 4.81. The molecule has 2 N–H and O–H groups in total. The maximum absolute atomic E-state index is 12.2. The van der Waals surface area contributed by atoms with Crippen LogP contribution in [0.5, 0.6) is 0 Å². The summed E-state index contributed by atoms with van der Waals surface area (Å²) >= 11 is 0. The minimum absolute atomic E-state index is 0.0941. The van der Waals surface area contributed by atoms with E-state index in [0.29, 0.717) is 24.3 Å². The molecular weight excluding hydrogens is 218 g/mol. The number of β-amino-alcohol motifs (C(OH)–C–C–N with tert-alkyl or cyclic N) is 1. The van der Waals surface area contributed by atoms with Gasteiger partial charge in [-0.05, 0) is 19.1 Å². The van der Waals surface area contributed by atoms with E-state index < -0.39 is 6.10 Å². The lowest BCUT2D eigenvalue weighted by Crippen LogP contribution is -2.44. The first-order valence-electron chi connectivity index (χ1n) is 5.69. The molecule has 0 radical (unpaired) electrons. The number of rotatable bonds is 2. The van der Waals surface area contributed by atoms with Crippen LogP contribution in [0.25, 0.3) is 0 Å². The Bertz CT molecular complexity index is 422. The number of likely N-dealkylation sites (N-methyl/N-ethyl adjacent to an activating group) is 1. The van der Waals surface area contributed by atoms with E-state index in [1.807, 2.05) is 6.92 Å². The van der Waals surface area contributed by atoms with Gasteiger partial charge < -0.3 is 15.3 Å². The van der Waals surface area contributed by atoms with E-state index in [-0.39, 0.29) is 11.9 Å². The number of pyridine rings is 1. The predicted molar refractivity (Wildman–Crippen MR) is 63.7 cm³/mol. The Morgan fingerprint density at radius 1 is 1.59 bits per heavy atom. The summed E-state index contributed by atoms with van der Waals surface area (Å²) in [6.45, 7) is 2.97. The molecule has 0 spiro atoms. The van der Waals surface area contributed by atoms with Gasteiger partial charge in [0.15, 0.2) is 0 Å². The number of hydrogen-bond donors (Lipinski definition) is 2. The highest BCUT2D eigenvalue weighted by atomic mass is 16.3. The number of carbonyl (C=O) groups excluding carboxylic acids is 1. The van der Waals surface area contributed by atoms with Crippen molar-refractivity contribution in [2.75, 3.05) is 20.1 Å². The van der Waals surface area contributed by atoms with Gasteiger partial charge in [-0.1, -0.05) is 0 Å². The molecule has 1 aromatic heterocycles. The van der Waals surface area contributed by atoms with Gasteiger partial charge >= 0.3 is 0 Å². The Hall–Kier alpha value is -1.46. The Morgan fingerprint density at radius 2 is 2.35 bits per heavy atom. The molecule has 1 aliphatic rings. The quantitative estimate of drug-likeness (QED) is 0.745. The van der Waals surface area contributed by atoms with Crippen LogP contribution in [0.1, 0.15) is 16.1 Å². The molecule has 5 heteroatoms. The number of nitrogens with zero attached hydrogens (tertiary/aromatic N) is 2. The maximum Gasteiger partial charge on any atom is 0.255 e. The minimum Gasteiger partial charge on any atom is -0.390 e. The summed E-state index contributed by atoms with van der Waals surface area (Å²) in [6, 6.07) is 3.34. The van der Waals surface area contributed by atoms with E-state index in [9.17, 15) is 9.90 Å². The van der Waals surface area contributed by atoms with Gasteiger partial charge in [0.25, 0.3) is 5.91 Å². The lowest BCUT2D eigenvalue weighted by atomic mass is 10.1. The summed E-state index contributed by atoms with van der Waals surface area (Å²) < 4.78 is 0. The molecule has 2 atom stereocenters. The van der Waals surface area contributed by atoms with Crippen molar-refractivity contribution < 1.29 is 9.90 Å². The fourth-order valence-electron chi connectivity index (χ4n) is 2.10. The fourth-order valence-corrected chi connectivity index (χ4v) is 2.10. The van der Waals surface area contributed by atoms with Gasteiger partial charge in [0.1, 0.15) is 0 Å². The van der Waals surface area contributed by atoms with Crippen LogP contribution in [0.4, 0.5) is 0 Å². The van der Waals surface area contributed by atoms with Crippen molar-refractivity contribution in [1.82, 2.24) is 15.2 Å². The van der Waals surface area contributed by atoms with E-state index in [2.05, 4.69) is 10.3 Å². The first-order chi connectivity index (χ1) is 8.11. The third-order valence-electron chi connectivity index (χ3n) is 3.21. The molecule has 0 unspecified atom stereocenters. The molecular formula is C12H17N3O2. The van der Waals surface area contributed by atoms with Gasteiger partial charge in [0.2, 0.25) is 0 Å². The normalized spacial score (nSPS) is 23.7. The molecule has 0 aliphatic carbocycles. The van der Waals surface area contributed by atoms with Crippen LogP contribution >= 0.6 is 0 Å². The average Bonchev–Trinajstić information content (AvgIpc) is 2.74. The molecule has 0 bridgehead atoms. The molecule has 1 aromatic rings. The van der Waals surface area contributed by atoms with Crippen molar-refractivity contribution in [3.05, 3.63) is 29.6 Å². The van der Waals surface area contributed by atoms with Crippen LogP contribution in [0.3, 0.4) is 0 Å². The number of nitrogens with one attached hydrogen (secondary N) is 1. The van der Waals surface area contributed by atoms with Crippen LogP contribution in [0, 0.1) is 6.92 Å². The zero-order chi connectivity index (χ0) is 12.4. The average molecular weight is 235 g/mol. The van der Waals surface area contributed by atoms with Crippen molar-refractivity contribution in [2.45, 2.75) is 19.1 Å². The lowest BCUT2D eigenvalue weighted by molar-refractivity contribution is 0.0580. The Kier molecular flexibility index (Phi) is 3.40. The fraction of sp³-hybridized carbons (Fsp3) is 0.500. The summed E-state index contributed by atoms with van der Waals surface area (Å²) in [6.07, 6.45) is 1.17. The highest BCUT2D eigenvalue weighted by molar-refractivity contribution is 5.95. The monoisotopic (exact) mass is 235 g/mol. The van der Waals surface area contributed by atoms with Crippen molar-refractivity contribution in [3.8, 4) is 0 Å². The SMILES string of the molecule is Cc1ncccc1C(=O)N(C)[C@@H]1CNC[C@H]1O. The predicted octanol–water partition coefficient (Wildman–Crippen LogP) is -0.205. The van der Waals surface area contributed by atoms with Gasteiger partial charge in [-0.15, -0.1) is 0 Å². The van der Waals surface area contributed by atoms with Crippen molar-refractivity contribution in [1.29, 1.82) is 0 Å². The van der Waals surface area contributed by atoms with Gasteiger partial charge in [-0.3, -0.25) is 9.78 Å². The molecule has 92 valence electrons. The van der Waals surface area contributed by atoms with Gasteiger partial charge in [0, 0.05) is 32.0 Å². The molecule has 17 heavy (non-hydrogen) atoms. The molecule has 2 rings (SSSR count). The Morgan fingerprint density at radius 3 is 2.94 bits per heavy atom. The van der Waals surface area contributed by atoms with Gasteiger partial charge in [-0.2, -0.15) is 0 Å². The van der Waals surface area contributed by atoms with E-state index in [0.717, 1.165) is 0 Å². The molecule has 0 aromatic carbocycles. The second-order valence-electron chi connectivity index (χ2n) is 4.35. The summed E-state index contributed by atoms with van der Waals surface area (Å²) in [5.41, 5.74) is 1.30. The topological polar surface area (TPSA) is 65.5 Å². The largest absolute Gasteiger partial charge is 0.390 e. The van der Waals surface area contributed by atoms with Crippen LogP contribution < -0.4 is 5.32 Å². The molecule has 2 heterocycles. The Balaban J connectivity index is 2.17. The number of amides is 1. The van der Waals surface area contributed by atoms with Gasteiger partial charge in [-0.25, -0.2) is 0 Å². The number of aliphatic hydroxyl groups excluding tert-OH is 1. The first kappa shape index (κ1) is 12.0. The van der Waals surface area contributed by atoms with Crippen molar-refractivity contribution in [3.63, 3.8) is 0 Å². The third kappa shape index (κ3) is 2.30. The number of carbonyl (C=O) groups is 1. The summed E-state index contributed by atoms with van der Waals surface area (Å²) in [7, 11) is 1.72. The summed E-state index contributed by atoms with van der Waals surface area (Å²) in [4.78, 5) is 17.9. The number of aromatic nitrogens is 1. The number of aryl methyl sites for hydroxylation is 1. The first-order valence-corrected chi connectivity index (χ1v) is 5.69. The van der Waals surface area contributed by atoms with Gasteiger partial charge in [0.05, 0.1) is 17.7 Å². The van der Waals surface area contributed by atoms with E-state index in [1.54, 1.807) is 30.3 Å². The molecule has 1 saturated heterocycles. The van der Waals surface area contributed by atoms with E-state index >= 15 is 0 Å². The van der Waals surface area contributed by atoms with Crippen LogP contribution in [-0.4, -0.2) is 53.2 Å². The van der Waals surface area contributed by atoms with E-state index in [1.165, 1.54) is 0 Å². The highest BCUT2D eigenvalue weighted by Crippen LogP contribution is 2.13. The van der Waals surface area contributed by atoms with E-state index in [4.69, 9.17) is 0 Å². The highest BCUT2D eigenvalue weighted by Gasteiger charge is 2.31. The second-order valence-corrected chi connectivity index (χ2v) is 4.35. The standard InChI is InChI=1S/C12H17N3O2/c1-8-9(4-3-5-14-8)12(17)15(2)10-6-13-7-11(10)16/h3-5,10-11,13,16H,6-7H2,1-2H3/t10-,11-/m1/s1. The van der Waals surface area contributed by atoms with Crippen LogP contribution in [-0.2, 0) is 0 Å². The zero-order valence-electron chi connectivity index (χ0n) is 10.1. The summed E-state index contributed by atoms with van der Waals surface area (Å²) in [5, 5.41) is 12.8. The summed E-state index contributed by atoms with van der Waals surface area (Å²) in [5.74, 6) is -0.0941. The zero-order valence-corrected chi connectivity index (χ0v) is 10.1. The molecule has 1 amide bonds. The molecule has 0 saturated carbocycles. The van der Waals surface area contributed by atoms with Crippen molar-refractivity contribution >= 4 is 5.91 Å². The molecule has 1 fully saturated rings. The molecule has 5 nitrogen and oxygen atoms in total. The lowest BCUT2D eigenvalue weighted by Gasteiger charge is -2.26. The maximum atomic E-state index is 12.2. The number of hydrogen-bond acceptors (Lipinski definition) is 4. The third-order valence-corrected chi connectivity index (χ3v) is 3.21. The minimum atomic E-state index is -0.499. The van der Waals surface area contributed by atoms with Crippen LogP contribution in [0.2, 0.25) is 0 Å². The Labute approximate surface area is 100 Å². The van der Waals surface area contributed by atoms with Crippen LogP contribution in [0.15, 0.2) is 18.3 Å². The van der Waals surface area contributed by atoms with Crippen molar-refractivity contribution in [2.24, 2.45) is 0 Å². The molecule has 1 aliphatic heterocycles. The number of aliphatic hydroxyl groups is 1. The smallest absolute Gasteiger partial charge is 0.255 e.